The van der Waals surface area contributed by atoms with E-state index < -0.39 is 0 Å². The Morgan fingerprint density at radius 3 is 2.28 bits per heavy atom. The van der Waals surface area contributed by atoms with Crippen LogP contribution in [-0.2, 0) is 20.5 Å². The predicted molar refractivity (Wildman–Crippen MR) is 195 cm³/mol. The minimum Gasteiger partial charge on any atom is -0.496 e. The van der Waals surface area contributed by atoms with E-state index in [0.717, 1.165) is 74.4 Å². The Balaban J connectivity index is 1.10. The number of methoxy groups -OCH3 is 1. The van der Waals surface area contributed by atoms with Crippen LogP contribution >= 0.6 is 0 Å². The van der Waals surface area contributed by atoms with Crippen molar-refractivity contribution in [2.75, 3.05) is 31.6 Å². The summed E-state index contributed by atoms with van der Waals surface area (Å²) >= 11 is 0. The molecule has 0 radical (unpaired) electrons. The van der Waals surface area contributed by atoms with Crippen molar-refractivity contribution in [1.29, 1.82) is 0 Å². The molecule has 4 aliphatic carbocycles. The maximum atomic E-state index is 14.7. The maximum Gasteiger partial charge on any atom is 0.410 e. The third-order valence-electron chi connectivity index (χ3n) is 12.4. The number of aryl methyl sites for hydroxylation is 1. The molecule has 9 heteroatoms. The molecule has 0 unspecified atom stereocenters. The topological polar surface area (TPSA) is 89.8 Å². The van der Waals surface area contributed by atoms with Crippen molar-refractivity contribution < 1.29 is 19.1 Å². The van der Waals surface area contributed by atoms with Crippen LogP contribution in [-0.4, -0.2) is 64.5 Å². The van der Waals surface area contributed by atoms with E-state index in [2.05, 4.69) is 57.9 Å². The zero-order valence-electron chi connectivity index (χ0n) is 30.9. The Kier molecular flexibility index (Phi) is 9.23. The normalized spacial score (nSPS) is 26.7. The largest absolute Gasteiger partial charge is 0.496 e. The third-order valence-corrected chi connectivity index (χ3v) is 12.4. The fraction of sp³-hybridized carbons (Fsp3) is 0.610. The van der Waals surface area contributed by atoms with Gasteiger partial charge in [0, 0.05) is 37.3 Å². The van der Waals surface area contributed by atoms with E-state index >= 15 is 0 Å². The fourth-order valence-corrected chi connectivity index (χ4v) is 9.02. The van der Waals surface area contributed by atoms with Gasteiger partial charge in [0.2, 0.25) is 5.91 Å². The van der Waals surface area contributed by atoms with Crippen LogP contribution in [0.3, 0.4) is 0 Å². The first-order valence-electron chi connectivity index (χ1n) is 18.8. The molecule has 2 amide bonds. The Labute approximate surface area is 297 Å². The lowest BCUT2D eigenvalue weighted by atomic mass is 9.51. The molecule has 3 aromatic rings. The molecule has 8 rings (SSSR count). The van der Waals surface area contributed by atoms with Crippen molar-refractivity contribution in [1.82, 2.24) is 19.7 Å². The first-order chi connectivity index (χ1) is 23.9. The van der Waals surface area contributed by atoms with Gasteiger partial charge in [-0.25, -0.2) is 9.78 Å². The number of nitrogens with zero attached hydrogens (tertiary/aromatic N) is 5. The maximum absolute atomic E-state index is 14.7. The zero-order chi connectivity index (χ0) is 35.3. The van der Waals surface area contributed by atoms with Crippen LogP contribution in [0.1, 0.15) is 103 Å². The molecule has 9 nitrogen and oxygen atoms in total. The second-order valence-electron chi connectivity index (χ2n) is 17.0. The van der Waals surface area contributed by atoms with Gasteiger partial charge in [0.15, 0.2) is 0 Å². The molecule has 50 heavy (non-hydrogen) atoms. The number of amides is 2. The number of aromatic nitrogens is 3. The number of pyridine rings is 1. The monoisotopic (exact) mass is 681 g/mol. The summed E-state index contributed by atoms with van der Waals surface area (Å²) in [5.74, 6) is 2.24. The van der Waals surface area contributed by atoms with Crippen LogP contribution in [0.2, 0.25) is 0 Å². The minimum atomic E-state index is -0.204. The zero-order valence-corrected chi connectivity index (χ0v) is 30.9. The summed E-state index contributed by atoms with van der Waals surface area (Å²) in [5, 5.41) is 4.62. The molecule has 5 aliphatic rings. The van der Waals surface area contributed by atoms with Gasteiger partial charge in [0.25, 0.3) is 0 Å². The van der Waals surface area contributed by atoms with Gasteiger partial charge in [-0.3, -0.25) is 14.4 Å². The summed E-state index contributed by atoms with van der Waals surface area (Å²) in [6.45, 7) is 12.9. The molecule has 4 saturated carbocycles. The highest BCUT2D eigenvalue weighted by atomic mass is 16.6. The van der Waals surface area contributed by atoms with E-state index in [1.807, 2.05) is 40.2 Å². The summed E-state index contributed by atoms with van der Waals surface area (Å²) in [5.41, 5.74) is 4.52. The van der Waals surface area contributed by atoms with Crippen LogP contribution < -0.4 is 9.64 Å². The number of carbonyl (C=O) groups excluding carboxylic acids is 2. The average Bonchev–Trinajstić information content (AvgIpc) is 3.62. The number of anilines is 1. The second kappa shape index (κ2) is 13.3. The number of hydrogen-bond donors (Lipinski definition) is 0. The van der Waals surface area contributed by atoms with Gasteiger partial charge < -0.3 is 14.4 Å². The lowest BCUT2D eigenvalue weighted by Crippen LogP contribution is -2.52. The standard InChI is InChI=1S/C41H55N5O4/c1-28-24-44(25-28)38(48)50-33-13-10-30(11-14-33)37(47)45(36-9-7-8-34(43-36)31-23-42-46(26-31)39(3,4)5)27-40-16-19-41(20-17-40,21-18-40)32-12-15-35(49-6)29(2)22-32/h7-9,12,15,22-23,26,28,30,33H,10-11,13-14,16-21,24-25,27H2,1-6H3/t30-,33-,40?,41?. The highest BCUT2D eigenvalue weighted by molar-refractivity contribution is 5.94. The number of fused-ring (bicyclic) bond motifs is 3. The summed E-state index contributed by atoms with van der Waals surface area (Å²) in [4.78, 5) is 36.3. The number of likely N-dealkylation sites (tertiary alicyclic amines) is 1. The van der Waals surface area contributed by atoms with Crippen LogP contribution in [0, 0.1) is 24.2 Å². The second-order valence-corrected chi connectivity index (χ2v) is 17.0. The number of rotatable bonds is 8. The van der Waals surface area contributed by atoms with Gasteiger partial charge in [0.05, 0.1) is 24.5 Å². The highest BCUT2D eigenvalue weighted by Gasteiger charge is 2.51. The van der Waals surface area contributed by atoms with Gasteiger partial charge in [-0.2, -0.15) is 5.10 Å². The molecule has 1 aliphatic heterocycles. The molecule has 5 fully saturated rings. The Morgan fingerprint density at radius 1 is 0.980 bits per heavy atom. The van der Waals surface area contributed by atoms with E-state index in [4.69, 9.17) is 14.5 Å². The van der Waals surface area contributed by atoms with E-state index in [1.165, 1.54) is 11.1 Å². The van der Waals surface area contributed by atoms with E-state index in [-0.39, 0.29) is 40.4 Å². The van der Waals surface area contributed by atoms with Crippen molar-refractivity contribution in [3.63, 3.8) is 0 Å². The number of carbonyl (C=O) groups is 2. The lowest BCUT2D eigenvalue weighted by Gasteiger charge is -2.55. The molecule has 1 saturated heterocycles. The van der Waals surface area contributed by atoms with Gasteiger partial charge in [0.1, 0.15) is 17.7 Å². The Hall–Kier alpha value is -3.88. The first kappa shape index (κ1) is 34.6. The molecule has 3 heterocycles. The van der Waals surface area contributed by atoms with Gasteiger partial charge in [-0.15, -0.1) is 0 Å². The summed E-state index contributed by atoms with van der Waals surface area (Å²) < 4.78 is 13.4. The van der Waals surface area contributed by atoms with Gasteiger partial charge in [-0.1, -0.05) is 25.1 Å². The summed E-state index contributed by atoms with van der Waals surface area (Å²) in [6.07, 6.45) is 13.1. The van der Waals surface area contributed by atoms with Crippen LogP contribution in [0.4, 0.5) is 10.6 Å². The predicted octanol–water partition coefficient (Wildman–Crippen LogP) is 8.29. The van der Waals surface area contributed by atoms with Crippen molar-refractivity contribution >= 4 is 17.8 Å². The molecule has 0 N–H and O–H groups in total. The van der Waals surface area contributed by atoms with Crippen LogP contribution in [0.5, 0.6) is 5.75 Å². The van der Waals surface area contributed by atoms with Crippen molar-refractivity contribution in [3.8, 4) is 17.0 Å². The Bertz CT molecular complexity index is 1690. The van der Waals surface area contributed by atoms with E-state index in [9.17, 15) is 9.59 Å². The molecule has 268 valence electrons. The number of benzene rings is 1. The number of ether oxygens (including phenoxy) is 2. The SMILES string of the molecule is COc1ccc(C23CCC(CN(c4cccc(-c5cnn(C(C)(C)C)c5)n4)C(=O)[C@H]4CC[C@H](OC(=O)N5CC(C)C5)CC4)(CC2)CC3)cc1C. The number of hydrogen-bond acceptors (Lipinski definition) is 6. The molecule has 2 bridgehead atoms. The van der Waals surface area contributed by atoms with E-state index in [0.29, 0.717) is 38.1 Å². The van der Waals surface area contributed by atoms with Gasteiger partial charge >= 0.3 is 6.09 Å². The third kappa shape index (κ3) is 6.76. The molecule has 0 atom stereocenters. The molecular formula is C41H55N5O4. The summed E-state index contributed by atoms with van der Waals surface area (Å²) in [6, 6.07) is 12.8. The quantitative estimate of drug-likeness (QED) is 0.238. The first-order valence-corrected chi connectivity index (χ1v) is 18.8. The van der Waals surface area contributed by atoms with Gasteiger partial charge in [-0.05, 0) is 138 Å². The Morgan fingerprint density at radius 2 is 1.68 bits per heavy atom. The van der Waals surface area contributed by atoms with Crippen molar-refractivity contribution in [3.05, 3.63) is 59.9 Å². The average molecular weight is 682 g/mol. The minimum absolute atomic E-state index is 0.0643. The molecular weight excluding hydrogens is 626 g/mol. The smallest absolute Gasteiger partial charge is 0.410 e. The fourth-order valence-electron chi connectivity index (χ4n) is 9.02. The van der Waals surface area contributed by atoms with Crippen molar-refractivity contribution in [2.45, 2.75) is 116 Å². The van der Waals surface area contributed by atoms with Crippen LogP contribution in [0.25, 0.3) is 11.3 Å². The molecule has 0 spiro atoms. The molecule has 2 aromatic heterocycles. The highest BCUT2D eigenvalue weighted by Crippen LogP contribution is 2.58. The van der Waals surface area contributed by atoms with Crippen molar-refractivity contribution in [2.24, 2.45) is 17.3 Å². The van der Waals surface area contributed by atoms with E-state index in [1.54, 1.807) is 12.0 Å². The summed E-state index contributed by atoms with van der Waals surface area (Å²) in [7, 11) is 1.74. The van der Waals surface area contributed by atoms with Crippen LogP contribution in [0.15, 0.2) is 48.8 Å². The molecule has 1 aromatic carbocycles. The lowest BCUT2D eigenvalue weighted by molar-refractivity contribution is -0.124.